The summed E-state index contributed by atoms with van der Waals surface area (Å²) in [5.74, 6) is 1.42. The first-order valence-electron chi connectivity index (χ1n) is 14.5. The molecule has 3 aromatic carbocycles. The number of pyridine rings is 1. The third-order valence-electron chi connectivity index (χ3n) is 7.90. The van der Waals surface area contributed by atoms with E-state index in [-0.39, 0.29) is 12.3 Å². The van der Waals surface area contributed by atoms with Crippen LogP contribution in [0.3, 0.4) is 0 Å². The quantitative estimate of drug-likeness (QED) is 0.192. The molecule has 212 valence electrons. The molecule has 0 radical (unpaired) electrons. The summed E-state index contributed by atoms with van der Waals surface area (Å²) in [4.78, 5) is 24.6. The Hall–Kier alpha value is -5.50. The minimum Gasteiger partial charge on any atom is -0.361 e. The molecule has 0 aliphatic rings. The summed E-state index contributed by atoms with van der Waals surface area (Å²) in [7, 11) is 0. The Bertz CT molecular complexity index is 1990. The summed E-state index contributed by atoms with van der Waals surface area (Å²) in [5.41, 5.74) is 6.14. The van der Waals surface area contributed by atoms with E-state index in [1.165, 1.54) is 10.9 Å². The van der Waals surface area contributed by atoms with E-state index >= 15 is 0 Å². The number of benzene rings is 3. The topological polar surface area (TPSA) is 104 Å². The summed E-state index contributed by atoms with van der Waals surface area (Å²) in [6, 6.07) is 31.8. The van der Waals surface area contributed by atoms with Crippen molar-refractivity contribution < 1.29 is 4.79 Å². The number of aryl methyl sites for hydroxylation is 2. The van der Waals surface area contributed by atoms with Crippen LogP contribution in [-0.4, -0.2) is 35.6 Å². The van der Waals surface area contributed by atoms with Gasteiger partial charge in [0, 0.05) is 58.1 Å². The molecule has 8 nitrogen and oxygen atoms in total. The molecule has 0 aliphatic carbocycles. The van der Waals surface area contributed by atoms with Gasteiger partial charge >= 0.3 is 0 Å². The van der Waals surface area contributed by atoms with Crippen LogP contribution in [0, 0.1) is 0 Å². The fourth-order valence-electron chi connectivity index (χ4n) is 5.76. The van der Waals surface area contributed by atoms with Gasteiger partial charge in [-0.1, -0.05) is 72.8 Å². The minimum atomic E-state index is -0.523. The maximum Gasteiger partial charge on any atom is 0.226 e. The first-order chi connectivity index (χ1) is 21.2. The molecule has 4 heterocycles. The molecule has 0 saturated heterocycles. The van der Waals surface area contributed by atoms with Crippen molar-refractivity contribution in [1.29, 1.82) is 0 Å². The summed E-state index contributed by atoms with van der Waals surface area (Å²) in [6.07, 6.45) is 7.42. The number of carbonyl (C=O) groups excluding carboxylic acids is 1. The largest absolute Gasteiger partial charge is 0.361 e. The van der Waals surface area contributed by atoms with Gasteiger partial charge in [0.1, 0.15) is 11.9 Å². The number of hydrogen-bond acceptors (Lipinski definition) is 4. The van der Waals surface area contributed by atoms with E-state index in [1.54, 1.807) is 6.20 Å². The summed E-state index contributed by atoms with van der Waals surface area (Å²) in [5, 5.41) is 15.0. The molecular formula is C35H31N7O. The normalized spacial score (nSPS) is 12.1. The Morgan fingerprint density at radius 1 is 0.767 bits per heavy atom. The van der Waals surface area contributed by atoms with Crippen LogP contribution in [0.5, 0.6) is 0 Å². The molecular weight excluding hydrogens is 534 g/mol. The van der Waals surface area contributed by atoms with Gasteiger partial charge in [0.05, 0.1) is 13.0 Å². The Kier molecular flexibility index (Phi) is 7.23. The van der Waals surface area contributed by atoms with Gasteiger partial charge in [-0.3, -0.25) is 9.78 Å². The molecule has 0 spiro atoms. The first kappa shape index (κ1) is 26.4. The highest BCUT2D eigenvalue weighted by atomic mass is 16.1. The van der Waals surface area contributed by atoms with Crippen molar-refractivity contribution in [2.75, 3.05) is 0 Å². The molecule has 1 atom stereocenters. The van der Waals surface area contributed by atoms with Crippen LogP contribution in [0.1, 0.15) is 40.1 Å². The maximum absolute atomic E-state index is 13.5. The van der Waals surface area contributed by atoms with Crippen molar-refractivity contribution in [3.63, 3.8) is 0 Å². The van der Waals surface area contributed by atoms with E-state index in [9.17, 15) is 4.79 Å². The van der Waals surface area contributed by atoms with E-state index in [0.717, 1.165) is 39.8 Å². The molecule has 0 unspecified atom stereocenters. The molecule has 3 N–H and O–H groups in total. The molecule has 8 heteroatoms. The molecule has 7 aromatic rings. The Balaban J connectivity index is 1.28. The second-order valence-electron chi connectivity index (χ2n) is 10.7. The van der Waals surface area contributed by atoms with E-state index in [1.807, 2.05) is 66.9 Å². The van der Waals surface area contributed by atoms with Crippen molar-refractivity contribution in [2.24, 2.45) is 0 Å². The molecule has 0 bridgehead atoms. The van der Waals surface area contributed by atoms with Crippen molar-refractivity contribution in [3.05, 3.63) is 150 Å². The number of para-hydroxylation sites is 2. The zero-order valence-corrected chi connectivity index (χ0v) is 23.6. The van der Waals surface area contributed by atoms with E-state index < -0.39 is 6.04 Å². The molecule has 4 aromatic heterocycles. The highest BCUT2D eigenvalue weighted by Crippen LogP contribution is 2.30. The van der Waals surface area contributed by atoms with Gasteiger partial charge in [-0.15, -0.1) is 10.2 Å². The zero-order valence-electron chi connectivity index (χ0n) is 23.6. The number of nitrogens with zero attached hydrogens (tertiary/aromatic N) is 4. The average molecular weight is 566 g/mol. The molecule has 0 saturated carbocycles. The van der Waals surface area contributed by atoms with Crippen LogP contribution in [0.4, 0.5) is 0 Å². The van der Waals surface area contributed by atoms with Crippen LogP contribution >= 0.6 is 0 Å². The highest BCUT2D eigenvalue weighted by Gasteiger charge is 2.27. The lowest BCUT2D eigenvalue weighted by molar-refractivity contribution is -0.121. The molecule has 0 aliphatic heterocycles. The van der Waals surface area contributed by atoms with Gasteiger partial charge in [0.15, 0.2) is 5.82 Å². The standard InChI is InChI=1S/C35H31N7O/c43-33(20-26-12-8-9-19-36-26)39-34(29-22-38-31-16-7-5-14-28(29)31)35-41-40-32(42(35)23-24-10-2-1-3-11-24)18-17-25-21-37-30-15-6-4-13-27(25)30/h1-16,19,21-22,34,37-38H,17-18,20,23H2,(H,39,43)/t34-/m1/s1. The first-order valence-corrected chi connectivity index (χ1v) is 14.5. The van der Waals surface area contributed by atoms with Gasteiger partial charge in [0.25, 0.3) is 0 Å². The van der Waals surface area contributed by atoms with Gasteiger partial charge in [0.2, 0.25) is 5.91 Å². The lowest BCUT2D eigenvalue weighted by Crippen LogP contribution is -2.33. The number of fused-ring (bicyclic) bond motifs is 2. The van der Waals surface area contributed by atoms with Gasteiger partial charge < -0.3 is 19.9 Å². The fraction of sp³-hybridized carbons (Fsp3) is 0.143. The van der Waals surface area contributed by atoms with Crippen LogP contribution in [0.15, 0.2) is 116 Å². The van der Waals surface area contributed by atoms with Crippen LogP contribution < -0.4 is 5.32 Å². The van der Waals surface area contributed by atoms with Crippen LogP contribution in [0.2, 0.25) is 0 Å². The number of rotatable bonds is 10. The number of nitrogens with one attached hydrogen (secondary N) is 3. The third-order valence-corrected chi connectivity index (χ3v) is 7.90. The highest BCUT2D eigenvalue weighted by molar-refractivity contribution is 5.86. The molecule has 0 fully saturated rings. The van der Waals surface area contributed by atoms with E-state index in [4.69, 9.17) is 10.2 Å². The predicted molar refractivity (Wildman–Crippen MR) is 167 cm³/mol. The van der Waals surface area contributed by atoms with Gasteiger partial charge in [-0.2, -0.15) is 0 Å². The summed E-state index contributed by atoms with van der Waals surface area (Å²) >= 11 is 0. The van der Waals surface area contributed by atoms with Crippen molar-refractivity contribution in [3.8, 4) is 0 Å². The summed E-state index contributed by atoms with van der Waals surface area (Å²) < 4.78 is 2.16. The Morgan fingerprint density at radius 2 is 1.49 bits per heavy atom. The second kappa shape index (κ2) is 11.8. The van der Waals surface area contributed by atoms with E-state index in [0.29, 0.717) is 24.5 Å². The fourth-order valence-corrected chi connectivity index (χ4v) is 5.76. The SMILES string of the molecule is O=C(Cc1ccccn1)N[C@H](c1c[nH]c2ccccc12)c1nnc(CCc2c[nH]c3ccccc23)n1Cc1ccccc1. The maximum atomic E-state index is 13.5. The van der Waals surface area contributed by atoms with Crippen LogP contribution in [0.25, 0.3) is 21.8 Å². The molecule has 7 rings (SSSR count). The number of H-pyrrole nitrogens is 2. The lowest BCUT2D eigenvalue weighted by Gasteiger charge is -2.20. The van der Waals surface area contributed by atoms with Gasteiger partial charge in [-0.25, -0.2) is 0 Å². The Labute approximate surface area is 248 Å². The average Bonchev–Trinajstić information content (AvgIpc) is 3.77. The smallest absolute Gasteiger partial charge is 0.226 e. The minimum absolute atomic E-state index is 0.136. The van der Waals surface area contributed by atoms with Crippen molar-refractivity contribution in [1.82, 2.24) is 35.0 Å². The molecule has 43 heavy (non-hydrogen) atoms. The van der Waals surface area contributed by atoms with Crippen LogP contribution in [-0.2, 0) is 30.6 Å². The number of amides is 1. The Morgan fingerprint density at radius 3 is 2.30 bits per heavy atom. The summed E-state index contributed by atoms with van der Waals surface area (Å²) in [6.45, 7) is 0.585. The zero-order chi connectivity index (χ0) is 29.0. The predicted octanol–water partition coefficient (Wildman–Crippen LogP) is 5.92. The van der Waals surface area contributed by atoms with Crippen molar-refractivity contribution in [2.45, 2.75) is 31.8 Å². The van der Waals surface area contributed by atoms with Gasteiger partial charge in [-0.05, 0) is 41.8 Å². The number of aromatic amines is 2. The second-order valence-corrected chi connectivity index (χ2v) is 10.7. The lowest BCUT2D eigenvalue weighted by atomic mass is 10.0. The monoisotopic (exact) mass is 565 g/mol. The number of carbonyl (C=O) groups is 1. The number of aromatic nitrogens is 6. The molecule has 1 amide bonds. The van der Waals surface area contributed by atoms with E-state index in [2.05, 4.69) is 67.4 Å². The third kappa shape index (κ3) is 5.55. The van der Waals surface area contributed by atoms with Crippen molar-refractivity contribution >= 4 is 27.7 Å². The number of hydrogen-bond donors (Lipinski definition) is 3.